The van der Waals surface area contributed by atoms with E-state index in [1.165, 1.54) is 4.57 Å². The SMILES string of the molecule is Cc1nc2ccc(-c3cc(C)n4nc(NC5CCN(C)CC5(F)F)ncc34)nc2n1CC(F)F. The van der Waals surface area contributed by atoms with Gasteiger partial charge in [0, 0.05) is 17.8 Å². The van der Waals surface area contributed by atoms with E-state index in [0.29, 0.717) is 40.3 Å². The van der Waals surface area contributed by atoms with Gasteiger partial charge in [0.25, 0.3) is 12.3 Å². The molecule has 8 nitrogen and oxygen atoms in total. The lowest BCUT2D eigenvalue weighted by Gasteiger charge is -2.36. The number of anilines is 1. The fraction of sp³-hybridized carbons (Fsp3) is 0.455. The van der Waals surface area contributed by atoms with E-state index in [-0.39, 0.29) is 18.9 Å². The molecule has 1 aliphatic heterocycles. The van der Waals surface area contributed by atoms with Gasteiger partial charge in [-0.15, -0.1) is 5.10 Å². The third kappa shape index (κ3) is 3.95. The molecule has 34 heavy (non-hydrogen) atoms. The zero-order valence-corrected chi connectivity index (χ0v) is 18.9. The van der Waals surface area contributed by atoms with Crippen molar-refractivity contribution in [3.63, 3.8) is 0 Å². The average Bonchev–Trinajstić information content (AvgIpc) is 3.25. The summed E-state index contributed by atoms with van der Waals surface area (Å²) < 4.78 is 58.0. The largest absolute Gasteiger partial charge is 0.344 e. The first-order chi connectivity index (χ1) is 16.1. The van der Waals surface area contributed by atoms with Crippen molar-refractivity contribution in [1.29, 1.82) is 0 Å². The van der Waals surface area contributed by atoms with Crippen LogP contribution in [0.1, 0.15) is 17.9 Å². The molecule has 1 N–H and O–H groups in total. The fourth-order valence-electron chi connectivity index (χ4n) is 4.48. The molecule has 12 heteroatoms. The lowest BCUT2D eigenvalue weighted by atomic mass is 10.0. The third-order valence-corrected chi connectivity index (χ3v) is 6.17. The molecule has 5 heterocycles. The van der Waals surface area contributed by atoms with E-state index < -0.39 is 24.9 Å². The lowest BCUT2D eigenvalue weighted by Crippen LogP contribution is -2.53. The van der Waals surface area contributed by atoms with Crippen LogP contribution in [-0.2, 0) is 6.54 Å². The van der Waals surface area contributed by atoms with Gasteiger partial charge in [-0.05, 0) is 45.5 Å². The van der Waals surface area contributed by atoms with Gasteiger partial charge in [0.15, 0.2) is 5.65 Å². The number of nitrogens with zero attached hydrogens (tertiary/aromatic N) is 7. The van der Waals surface area contributed by atoms with E-state index >= 15 is 0 Å². The number of fused-ring (bicyclic) bond motifs is 2. The number of hydrogen-bond acceptors (Lipinski definition) is 6. The van der Waals surface area contributed by atoms with Crippen LogP contribution in [0.25, 0.3) is 27.9 Å². The molecule has 1 fully saturated rings. The van der Waals surface area contributed by atoms with Crippen molar-refractivity contribution in [3.8, 4) is 11.3 Å². The fourth-order valence-corrected chi connectivity index (χ4v) is 4.48. The normalized spacial score (nSPS) is 18.9. The molecule has 1 saturated heterocycles. The van der Waals surface area contributed by atoms with Gasteiger partial charge < -0.3 is 14.8 Å². The third-order valence-electron chi connectivity index (χ3n) is 6.17. The minimum atomic E-state index is -2.90. The maximum absolute atomic E-state index is 14.4. The highest BCUT2D eigenvalue weighted by Crippen LogP contribution is 2.30. The molecular weight excluding hydrogens is 452 g/mol. The average molecular weight is 476 g/mol. The van der Waals surface area contributed by atoms with Gasteiger partial charge in [0.1, 0.15) is 11.3 Å². The van der Waals surface area contributed by atoms with Crippen LogP contribution >= 0.6 is 0 Å². The van der Waals surface area contributed by atoms with E-state index in [1.54, 1.807) is 41.7 Å². The Hall–Kier alpha value is -3.28. The number of rotatable bonds is 5. The molecule has 0 aromatic carbocycles. The zero-order valence-electron chi connectivity index (χ0n) is 18.9. The Morgan fingerprint density at radius 2 is 2.00 bits per heavy atom. The van der Waals surface area contributed by atoms with E-state index in [9.17, 15) is 17.6 Å². The number of imidazole rings is 1. The highest BCUT2D eigenvalue weighted by Gasteiger charge is 2.44. The van der Waals surface area contributed by atoms with E-state index in [2.05, 4.69) is 25.4 Å². The molecule has 4 aromatic rings. The first-order valence-electron chi connectivity index (χ1n) is 10.9. The van der Waals surface area contributed by atoms with Gasteiger partial charge >= 0.3 is 0 Å². The molecule has 0 bridgehead atoms. The molecule has 180 valence electrons. The number of halogens is 4. The van der Waals surface area contributed by atoms with Crippen LogP contribution in [0.2, 0.25) is 0 Å². The van der Waals surface area contributed by atoms with Crippen molar-refractivity contribution in [2.75, 3.05) is 25.5 Å². The minimum Gasteiger partial charge on any atom is -0.344 e. The van der Waals surface area contributed by atoms with Crippen LogP contribution < -0.4 is 5.32 Å². The molecule has 4 aromatic heterocycles. The summed E-state index contributed by atoms with van der Waals surface area (Å²) in [6, 6.07) is 4.30. The number of nitrogens with one attached hydrogen (secondary N) is 1. The summed E-state index contributed by atoms with van der Waals surface area (Å²) in [5.74, 6) is -2.33. The monoisotopic (exact) mass is 476 g/mol. The second-order valence-electron chi connectivity index (χ2n) is 8.76. The van der Waals surface area contributed by atoms with Crippen molar-refractivity contribution >= 4 is 22.6 Å². The number of aromatic nitrogens is 6. The molecule has 0 aliphatic carbocycles. The van der Waals surface area contributed by atoms with Gasteiger partial charge in [-0.25, -0.2) is 37.0 Å². The van der Waals surface area contributed by atoms with E-state index in [1.807, 2.05) is 13.0 Å². The topological polar surface area (TPSA) is 76.2 Å². The first-order valence-corrected chi connectivity index (χ1v) is 10.9. The second kappa shape index (κ2) is 8.19. The molecule has 1 unspecified atom stereocenters. The van der Waals surface area contributed by atoms with Gasteiger partial charge in [0.05, 0.1) is 36.5 Å². The molecule has 0 spiro atoms. The Labute approximate surface area is 192 Å². The zero-order chi connectivity index (χ0) is 24.2. The van der Waals surface area contributed by atoms with Gasteiger partial charge in [0.2, 0.25) is 5.95 Å². The maximum atomic E-state index is 14.4. The standard InChI is InChI=1S/C22H24F4N8/c1-12-8-14(15-4-5-16-20(29-15)33(10-19(23)24)13(2)28-16)17-9-27-21(31-34(12)17)30-18-6-7-32(3)11-22(18,25)26/h4-5,8-9,18-19H,6-7,10-11H2,1-3H3,(H,30,31). The lowest BCUT2D eigenvalue weighted by molar-refractivity contribution is -0.0675. The van der Waals surface area contributed by atoms with Crippen LogP contribution in [0.4, 0.5) is 23.5 Å². The Balaban J connectivity index is 1.50. The number of piperidine rings is 1. The summed E-state index contributed by atoms with van der Waals surface area (Å²) >= 11 is 0. The van der Waals surface area contributed by atoms with Crippen LogP contribution in [0.5, 0.6) is 0 Å². The number of pyridine rings is 1. The summed E-state index contributed by atoms with van der Waals surface area (Å²) in [6.45, 7) is 3.24. The molecule has 1 aliphatic rings. The molecule has 0 radical (unpaired) electrons. The first kappa shape index (κ1) is 22.5. The number of hydrogen-bond donors (Lipinski definition) is 1. The van der Waals surface area contributed by atoms with Crippen LogP contribution in [0, 0.1) is 13.8 Å². The molecule has 5 rings (SSSR count). The van der Waals surface area contributed by atoms with Gasteiger partial charge in [-0.2, -0.15) is 0 Å². The molecular formula is C22H24F4N8. The van der Waals surface area contributed by atoms with Gasteiger partial charge in [-0.3, -0.25) is 0 Å². The highest BCUT2D eigenvalue weighted by molar-refractivity contribution is 5.83. The Kier molecular flexibility index (Phi) is 5.42. The molecule has 0 amide bonds. The predicted molar refractivity (Wildman–Crippen MR) is 119 cm³/mol. The van der Waals surface area contributed by atoms with Crippen molar-refractivity contribution in [2.24, 2.45) is 0 Å². The van der Waals surface area contributed by atoms with Crippen molar-refractivity contribution in [1.82, 2.24) is 34.0 Å². The van der Waals surface area contributed by atoms with Crippen LogP contribution in [0.15, 0.2) is 24.4 Å². The summed E-state index contributed by atoms with van der Waals surface area (Å²) in [7, 11) is 1.67. The number of aryl methyl sites for hydroxylation is 2. The van der Waals surface area contributed by atoms with Crippen molar-refractivity contribution in [3.05, 3.63) is 35.9 Å². The van der Waals surface area contributed by atoms with Crippen molar-refractivity contribution in [2.45, 2.75) is 45.2 Å². The predicted octanol–water partition coefficient (Wildman–Crippen LogP) is 3.77. The summed E-state index contributed by atoms with van der Waals surface area (Å²) in [4.78, 5) is 14.8. The summed E-state index contributed by atoms with van der Waals surface area (Å²) in [5, 5.41) is 7.22. The second-order valence-corrected chi connectivity index (χ2v) is 8.76. The molecule has 1 atom stereocenters. The minimum absolute atomic E-state index is 0.112. The van der Waals surface area contributed by atoms with E-state index in [0.717, 1.165) is 5.69 Å². The van der Waals surface area contributed by atoms with Crippen LogP contribution in [-0.4, -0.2) is 72.6 Å². The van der Waals surface area contributed by atoms with Crippen LogP contribution in [0.3, 0.4) is 0 Å². The Morgan fingerprint density at radius 3 is 2.74 bits per heavy atom. The highest BCUT2D eigenvalue weighted by atomic mass is 19.3. The van der Waals surface area contributed by atoms with E-state index in [4.69, 9.17) is 0 Å². The summed E-state index contributed by atoms with van der Waals surface area (Å²) in [6.07, 6.45) is -0.704. The number of alkyl halides is 4. The van der Waals surface area contributed by atoms with Gasteiger partial charge in [-0.1, -0.05) is 0 Å². The Bertz CT molecular complexity index is 1360. The molecule has 0 saturated carbocycles. The van der Waals surface area contributed by atoms with Crippen molar-refractivity contribution < 1.29 is 17.6 Å². The Morgan fingerprint density at radius 1 is 1.21 bits per heavy atom. The quantitative estimate of drug-likeness (QED) is 0.442. The smallest absolute Gasteiger partial charge is 0.280 e. The summed E-state index contributed by atoms with van der Waals surface area (Å²) in [5.41, 5.74) is 3.55. The number of likely N-dealkylation sites (tertiary alicyclic amines) is 1. The maximum Gasteiger partial charge on any atom is 0.280 e.